The van der Waals surface area contributed by atoms with Gasteiger partial charge in [-0.3, -0.25) is 0 Å². The van der Waals surface area contributed by atoms with Crippen LogP contribution in [-0.2, 0) is 0 Å². The fraction of sp³-hybridized carbons (Fsp3) is 0.273. The molecule has 0 unspecified atom stereocenters. The Hall–Kier alpha value is -1.48. The van der Waals surface area contributed by atoms with Crippen LogP contribution < -0.4 is 10.5 Å². The van der Waals surface area contributed by atoms with Crippen molar-refractivity contribution in [1.82, 2.24) is 0 Å². The van der Waals surface area contributed by atoms with E-state index in [1.807, 2.05) is 12.2 Å². The van der Waals surface area contributed by atoms with Gasteiger partial charge in [0.15, 0.2) is 0 Å². The Balaban J connectivity index is 2.87. The molecule has 14 heavy (non-hydrogen) atoms. The van der Waals surface area contributed by atoms with Crippen LogP contribution in [0.15, 0.2) is 24.3 Å². The Morgan fingerprint density at radius 1 is 1.50 bits per heavy atom. The van der Waals surface area contributed by atoms with Crippen molar-refractivity contribution in [3.63, 3.8) is 0 Å². The van der Waals surface area contributed by atoms with Crippen LogP contribution in [-0.4, -0.2) is 18.8 Å². The van der Waals surface area contributed by atoms with Crippen molar-refractivity contribution in [2.24, 2.45) is 5.73 Å². The average Bonchev–Trinajstić information content (AvgIpc) is 2.19. The number of aromatic hydroxyl groups is 1. The van der Waals surface area contributed by atoms with Gasteiger partial charge in [0.1, 0.15) is 11.5 Å². The highest BCUT2D eigenvalue weighted by Gasteiger charge is 1.99. The lowest BCUT2D eigenvalue weighted by Gasteiger charge is -2.04. The molecule has 1 aromatic carbocycles. The van der Waals surface area contributed by atoms with E-state index in [4.69, 9.17) is 10.5 Å². The van der Waals surface area contributed by atoms with Crippen molar-refractivity contribution in [1.29, 1.82) is 0 Å². The highest BCUT2D eigenvalue weighted by molar-refractivity contribution is 5.59. The van der Waals surface area contributed by atoms with Gasteiger partial charge < -0.3 is 15.6 Å². The fourth-order valence-corrected chi connectivity index (χ4v) is 1.16. The molecule has 0 atom stereocenters. The first-order chi connectivity index (χ1) is 6.77. The van der Waals surface area contributed by atoms with E-state index >= 15 is 0 Å². The number of phenolic OH excluding ortho intramolecular Hbond substituents is 1. The van der Waals surface area contributed by atoms with Gasteiger partial charge in [-0.05, 0) is 31.2 Å². The zero-order valence-electron chi connectivity index (χ0n) is 8.23. The Kier molecular flexibility index (Phi) is 4.01. The second-order valence-corrected chi connectivity index (χ2v) is 2.91. The summed E-state index contributed by atoms with van der Waals surface area (Å²) in [6.07, 6.45) is 4.67. The lowest BCUT2D eigenvalue weighted by Crippen LogP contribution is -1.95. The van der Waals surface area contributed by atoms with Crippen molar-refractivity contribution in [2.75, 3.05) is 13.7 Å². The number of benzene rings is 1. The van der Waals surface area contributed by atoms with E-state index < -0.39 is 0 Å². The van der Waals surface area contributed by atoms with Crippen molar-refractivity contribution in [2.45, 2.75) is 6.42 Å². The van der Waals surface area contributed by atoms with Crippen LogP contribution in [0.4, 0.5) is 0 Å². The maximum Gasteiger partial charge on any atom is 0.126 e. The van der Waals surface area contributed by atoms with Crippen LogP contribution in [0, 0.1) is 0 Å². The van der Waals surface area contributed by atoms with E-state index in [-0.39, 0.29) is 5.75 Å². The summed E-state index contributed by atoms with van der Waals surface area (Å²) in [4.78, 5) is 0. The Morgan fingerprint density at radius 3 is 2.93 bits per heavy atom. The average molecular weight is 193 g/mol. The van der Waals surface area contributed by atoms with Gasteiger partial charge in [-0.15, -0.1) is 0 Å². The summed E-state index contributed by atoms with van der Waals surface area (Å²) in [5.41, 5.74) is 6.22. The standard InChI is InChI=1S/C11H15NO2/c1-14-11-6-5-10(13)8-9(11)4-2-3-7-12/h2,4-6,8,13H,3,7,12H2,1H3. The van der Waals surface area contributed by atoms with Crippen LogP contribution in [0.5, 0.6) is 11.5 Å². The van der Waals surface area contributed by atoms with Gasteiger partial charge in [-0.2, -0.15) is 0 Å². The molecule has 0 aliphatic heterocycles. The Bertz CT molecular complexity index is 321. The van der Waals surface area contributed by atoms with E-state index in [1.165, 1.54) is 0 Å². The molecule has 0 saturated carbocycles. The molecule has 76 valence electrons. The molecule has 0 aliphatic carbocycles. The highest BCUT2D eigenvalue weighted by atomic mass is 16.5. The number of methoxy groups -OCH3 is 1. The number of rotatable bonds is 4. The minimum atomic E-state index is 0.234. The predicted octanol–water partition coefficient (Wildman–Crippen LogP) is 1.76. The molecule has 0 heterocycles. The molecule has 0 amide bonds. The Morgan fingerprint density at radius 2 is 2.29 bits per heavy atom. The largest absolute Gasteiger partial charge is 0.508 e. The first-order valence-electron chi connectivity index (χ1n) is 4.51. The minimum absolute atomic E-state index is 0.234. The number of ether oxygens (including phenoxy) is 1. The summed E-state index contributed by atoms with van der Waals surface area (Å²) in [6, 6.07) is 4.99. The summed E-state index contributed by atoms with van der Waals surface area (Å²) < 4.78 is 5.14. The van der Waals surface area contributed by atoms with Crippen molar-refractivity contribution in [3.05, 3.63) is 29.8 Å². The third-order valence-corrected chi connectivity index (χ3v) is 1.84. The van der Waals surface area contributed by atoms with Crippen LogP contribution in [0.2, 0.25) is 0 Å². The lowest BCUT2D eigenvalue weighted by atomic mass is 10.1. The highest BCUT2D eigenvalue weighted by Crippen LogP contribution is 2.24. The molecule has 0 bridgehead atoms. The van der Waals surface area contributed by atoms with Gasteiger partial charge in [0.2, 0.25) is 0 Å². The van der Waals surface area contributed by atoms with Crippen molar-refractivity contribution >= 4 is 6.08 Å². The minimum Gasteiger partial charge on any atom is -0.508 e. The van der Waals surface area contributed by atoms with Gasteiger partial charge in [0, 0.05) is 5.56 Å². The maximum absolute atomic E-state index is 9.28. The molecule has 3 nitrogen and oxygen atoms in total. The number of hydrogen-bond donors (Lipinski definition) is 2. The van der Waals surface area contributed by atoms with E-state index in [2.05, 4.69) is 0 Å². The third-order valence-electron chi connectivity index (χ3n) is 1.84. The molecule has 1 aromatic rings. The molecule has 0 spiro atoms. The molecule has 0 fully saturated rings. The first kappa shape index (κ1) is 10.6. The first-order valence-corrected chi connectivity index (χ1v) is 4.51. The molecule has 1 rings (SSSR count). The van der Waals surface area contributed by atoms with Gasteiger partial charge in [0.25, 0.3) is 0 Å². The van der Waals surface area contributed by atoms with Crippen molar-refractivity contribution < 1.29 is 9.84 Å². The van der Waals surface area contributed by atoms with Gasteiger partial charge >= 0.3 is 0 Å². The third kappa shape index (κ3) is 2.78. The van der Waals surface area contributed by atoms with E-state index in [1.54, 1.807) is 25.3 Å². The van der Waals surface area contributed by atoms with Crippen LogP contribution in [0.25, 0.3) is 6.08 Å². The summed E-state index contributed by atoms with van der Waals surface area (Å²) in [6.45, 7) is 0.623. The maximum atomic E-state index is 9.28. The number of nitrogens with two attached hydrogens (primary N) is 1. The summed E-state index contributed by atoms with van der Waals surface area (Å²) in [7, 11) is 1.60. The second-order valence-electron chi connectivity index (χ2n) is 2.91. The van der Waals surface area contributed by atoms with E-state index in [0.29, 0.717) is 6.54 Å². The number of phenols is 1. The quantitative estimate of drug-likeness (QED) is 0.766. The second kappa shape index (κ2) is 5.29. The van der Waals surface area contributed by atoms with Crippen LogP contribution in [0.1, 0.15) is 12.0 Å². The zero-order chi connectivity index (χ0) is 10.4. The summed E-state index contributed by atoms with van der Waals surface area (Å²) in [5.74, 6) is 0.981. The van der Waals surface area contributed by atoms with Crippen LogP contribution in [0.3, 0.4) is 0 Å². The van der Waals surface area contributed by atoms with Crippen molar-refractivity contribution in [3.8, 4) is 11.5 Å². The molecule has 0 radical (unpaired) electrons. The van der Waals surface area contributed by atoms with Crippen LogP contribution >= 0.6 is 0 Å². The summed E-state index contributed by atoms with van der Waals surface area (Å²) in [5, 5.41) is 9.28. The molecular formula is C11H15NO2. The normalized spacial score (nSPS) is 10.7. The van der Waals surface area contributed by atoms with Gasteiger partial charge in [0.05, 0.1) is 7.11 Å². The van der Waals surface area contributed by atoms with E-state index in [0.717, 1.165) is 17.7 Å². The number of hydrogen-bond acceptors (Lipinski definition) is 3. The summed E-state index contributed by atoms with van der Waals surface area (Å²) >= 11 is 0. The SMILES string of the molecule is COc1ccc(O)cc1C=CCCN. The molecular weight excluding hydrogens is 178 g/mol. The fourth-order valence-electron chi connectivity index (χ4n) is 1.16. The molecule has 0 saturated heterocycles. The monoisotopic (exact) mass is 193 g/mol. The molecule has 0 aromatic heterocycles. The zero-order valence-corrected chi connectivity index (χ0v) is 8.23. The molecule has 3 N–H and O–H groups in total. The predicted molar refractivity (Wildman–Crippen MR) is 57.4 cm³/mol. The lowest BCUT2D eigenvalue weighted by molar-refractivity contribution is 0.411. The molecule has 0 aliphatic rings. The topological polar surface area (TPSA) is 55.5 Å². The van der Waals surface area contributed by atoms with Gasteiger partial charge in [-0.1, -0.05) is 12.2 Å². The van der Waals surface area contributed by atoms with E-state index in [9.17, 15) is 5.11 Å². The smallest absolute Gasteiger partial charge is 0.126 e. The molecule has 3 heteroatoms. The van der Waals surface area contributed by atoms with Gasteiger partial charge in [-0.25, -0.2) is 0 Å². The Labute approximate surface area is 83.8 Å².